The minimum Gasteiger partial charge on any atom is -0.381 e. The van der Waals surface area contributed by atoms with E-state index in [1.165, 1.54) is 0 Å². The van der Waals surface area contributed by atoms with E-state index in [9.17, 15) is 4.79 Å². The van der Waals surface area contributed by atoms with Gasteiger partial charge in [-0.25, -0.2) is 0 Å². The lowest BCUT2D eigenvalue weighted by Gasteiger charge is -2.10. The van der Waals surface area contributed by atoms with E-state index in [-0.39, 0.29) is 11.8 Å². The number of nitrogens with one attached hydrogen (secondary N) is 1. The van der Waals surface area contributed by atoms with Gasteiger partial charge in [0.25, 0.3) is 0 Å². The number of hydrogen-bond acceptors (Lipinski definition) is 2. The number of amides is 1. The molecule has 3 heteroatoms. The fourth-order valence-corrected chi connectivity index (χ4v) is 1.19. The first-order valence-electron chi connectivity index (χ1n) is 4.55. The monoisotopic (exact) mass is 171 g/mol. The van der Waals surface area contributed by atoms with E-state index >= 15 is 0 Å². The van der Waals surface area contributed by atoms with Gasteiger partial charge in [-0.3, -0.25) is 4.79 Å². The number of hydrogen-bond donors (Lipinski definition) is 1. The van der Waals surface area contributed by atoms with E-state index in [1.807, 2.05) is 13.8 Å². The molecule has 0 bridgehead atoms. The predicted molar refractivity (Wildman–Crippen MR) is 46.8 cm³/mol. The van der Waals surface area contributed by atoms with Crippen LogP contribution in [0.25, 0.3) is 0 Å². The standard InChI is InChI=1S/C9H17NO2/c1-7(2)9(11)10-5-8-3-4-12-6-8/h7-8H,3-6H2,1-2H3,(H,10,11). The van der Waals surface area contributed by atoms with Gasteiger partial charge in [-0.05, 0) is 6.42 Å². The Labute approximate surface area is 73.5 Å². The summed E-state index contributed by atoms with van der Waals surface area (Å²) in [6.07, 6.45) is 1.08. The molecule has 0 aromatic heterocycles. The molecule has 1 aliphatic rings. The van der Waals surface area contributed by atoms with Crippen molar-refractivity contribution in [2.24, 2.45) is 11.8 Å². The third-order valence-electron chi connectivity index (χ3n) is 2.11. The van der Waals surface area contributed by atoms with E-state index in [0.717, 1.165) is 26.2 Å². The summed E-state index contributed by atoms with van der Waals surface area (Å²) in [5.41, 5.74) is 0. The molecule has 0 radical (unpaired) electrons. The number of carbonyl (C=O) groups is 1. The molecule has 3 nitrogen and oxygen atoms in total. The van der Waals surface area contributed by atoms with E-state index in [1.54, 1.807) is 0 Å². The van der Waals surface area contributed by atoms with Crippen LogP contribution in [0.4, 0.5) is 0 Å². The van der Waals surface area contributed by atoms with Crippen molar-refractivity contribution in [2.45, 2.75) is 20.3 Å². The maximum atomic E-state index is 11.1. The SMILES string of the molecule is CC(C)C(=O)NCC1CCOC1. The topological polar surface area (TPSA) is 38.3 Å². The van der Waals surface area contributed by atoms with Crippen molar-refractivity contribution in [3.63, 3.8) is 0 Å². The summed E-state index contributed by atoms with van der Waals surface area (Å²) < 4.78 is 5.20. The molecule has 1 rings (SSSR count). The lowest BCUT2D eigenvalue weighted by Crippen LogP contribution is -2.32. The summed E-state index contributed by atoms with van der Waals surface area (Å²) in [6, 6.07) is 0. The van der Waals surface area contributed by atoms with Crippen molar-refractivity contribution in [2.75, 3.05) is 19.8 Å². The quantitative estimate of drug-likeness (QED) is 0.682. The zero-order valence-electron chi connectivity index (χ0n) is 7.80. The van der Waals surface area contributed by atoms with E-state index in [2.05, 4.69) is 5.32 Å². The van der Waals surface area contributed by atoms with Crippen LogP contribution in [0.3, 0.4) is 0 Å². The first-order valence-corrected chi connectivity index (χ1v) is 4.55. The fraction of sp³-hybridized carbons (Fsp3) is 0.889. The Morgan fingerprint density at radius 1 is 1.67 bits per heavy atom. The number of rotatable bonds is 3. The molecule has 1 unspecified atom stereocenters. The van der Waals surface area contributed by atoms with Crippen molar-refractivity contribution in [1.82, 2.24) is 5.32 Å². The van der Waals surface area contributed by atoms with Crippen molar-refractivity contribution < 1.29 is 9.53 Å². The highest BCUT2D eigenvalue weighted by Gasteiger charge is 2.16. The van der Waals surface area contributed by atoms with Gasteiger partial charge >= 0.3 is 0 Å². The molecule has 12 heavy (non-hydrogen) atoms. The summed E-state index contributed by atoms with van der Waals surface area (Å²) in [7, 11) is 0. The van der Waals surface area contributed by atoms with Gasteiger partial charge in [0.05, 0.1) is 6.61 Å². The van der Waals surface area contributed by atoms with Crippen molar-refractivity contribution in [1.29, 1.82) is 0 Å². The Balaban J connectivity index is 2.12. The fourth-order valence-electron chi connectivity index (χ4n) is 1.19. The van der Waals surface area contributed by atoms with Crippen LogP contribution in [0.1, 0.15) is 20.3 Å². The van der Waals surface area contributed by atoms with E-state index in [0.29, 0.717) is 5.92 Å². The largest absolute Gasteiger partial charge is 0.381 e. The smallest absolute Gasteiger partial charge is 0.222 e. The molecule has 0 aliphatic carbocycles. The summed E-state index contributed by atoms with van der Waals surface area (Å²) in [4.78, 5) is 11.1. The molecule has 70 valence electrons. The Morgan fingerprint density at radius 2 is 2.42 bits per heavy atom. The second-order valence-corrected chi connectivity index (χ2v) is 3.63. The van der Waals surface area contributed by atoms with Gasteiger partial charge in [-0.1, -0.05) is 13.8 Å². The normalized spacial score (nSPS) is 23.1. The van der Waals surface area contributed by atoms with Crippen molar-refractivity contribution >= 4 is 5.91 Å². The summed E-state index contributed by atoms with van der Waals surface area (Å²) >= 11 is 0. The van der Waals surface area contributed by atoms with Gasteiger partial charge in [0.15, 0.2) is 0 Å². The van der Waals surface area contributed by atoms with Crippen molar-refractivity contribution in [3.8, 4) is 0 Å². The molecule has 1 amide bonds. The van der Waals surface area contributed by atoms with Gasteiger partial charge in [-0.2, -0.15) is 0 Å². The maximum Gasteiger partial charge on any atom is 0.222 e. The van der Waals surface area contributed by atoms with Gasteiger partial charge in [-0.15, -0.1) is 0 Å². The third kappa shape index (κ3) is 2.81. The lowest BCUT2D eigenvalue weighted by atomic mass is 10.1. The summed E-state index contributed by atoms with van der Waals surface area (Å²) in [5, 5.41) is 2.91. The average molecular weight is 171 g/mol. The van der Waals surface area contributed by atoms with Crippen LogP contribution in [0.15, 0.2) is 0 Å². The number of carbonyl (C=O) groups excluding carboxylic acids is 1. The molecule has 1 saturated heterocycles. The minimum atomic E-state index is 0.0901. The highest BCUT2D eigenvalue weighted by Crippen LogP contribution is 2.10. The van der Waals surface area contributed by atoms with Crippen LogP contribution < -0.4 is 5.32 Å². The third-order valence-corrected chi connectivity index (χ3v) is 2.11. The van der Waals surface area contributed by atoms with Crippen LogP contribution >= 0.6 is 0 Å². The molecule has 1 atom stereocenters. The van der Waals surface area contributed by atoms with Crippen LogP contribution in [-0.2, 0) is 9.53 Å². The summed E-state index contributed by atoms with van der Waals surface area (Å²) in [5.74, 6) is 0.766. The predicted octanol–water partition coefficient (Wildman–Crippen LogP) is 0.795. The van der Waals surface area contributed by atoms with Crippen molar-refractivity contribution in [3.05, 3.63) is 0 Å². The van der Waals surface area contributed by atoms with Gasteiger partial charge < -0.3 is 10.1 Å². The van der Waals surface area contributed by atoms with Crippen LogP contribution in [0.2, 0.25) is 0 Å². The number of ether oxygens (including phenoxy) is 1. The first kappa shape index (κ1) is 9.52. The Morgan fingerprint density at radius 3 is 2.92 bits per heavy atom. The van der Waals surface area contributed by atoms with Crippen LogP contribution in [0, 0.1) is 11.8 Å². The highest BCUT2D eigenvalue weighted by molar-refractivity contribution is 5.77. The maximum absolute atomic E-state index is 11.1. The van der Waals surface area contributed by atoms with Crippen LogP contribution in [-0.4, -0.2) is 25.7 Å². The highest BCUT2D eigenvalue weighted by atomic mass is 16.5. The molecular formula is C9H17NO2. The minimum absolute atomic E-state index is 0.0901. The molecule has 0 aromatic carbocycles. The molecule has 1 fully saturated rings. The molecule has 0 saturated carbocycles. The Kier molecular flexibility index (Phi) is 3.53. The Bertz CT molecular complexity index is 151. The molecule has 1 N–H and O–H groups in total. The van der Waals surface area contributed by atoms with Gasteiger partial charge in [0.1, 0.15) is 0 Å². The zero-order valence-corrected chi connectivity index (χ0v) is 7.80. The van der Waals surface area contributed by atoms with E-state index < -0.39 is 0 Å². The molecule has 0 spiro atoms. The summed E-state index contributed by atoms with van der Waals surface area (Å²) in [6.45, 7) is 6.23. The van der Waals surface area contributed by atoms with E-state index in [4.69, 9.17) is 4.74 Å². The zero-order chi connectivity index (χ0) is 8.97. The first-order chi connectivity index (χ1) is 5.70. The lowest BCUT2D eigenvalue weighted by molar-refractivity contribution is -0.124. The second kappa shape index (κ2) is 4.45. The average Bonchev–Trinajstić information content (AvgIpc) is 2.51. The molecule has 1 aliphatic heterocycles. The molecule has 1 heterocycles. The Hall–Kier alpha value is -0.570. The van der Waals surface area contributed by atoms with Gasteiger partial charge in [0.2, 0.25) is 5.91 Å². The second-order valence-electron chi connectivity index (χ2n) is 3.63. The molecular weight excluding hydrogens is 154 g/mol. The van der Waals surface area contributed by atoms with Gasteiger partial charge in [0, 0.05) is 25.0 Å². The molecule has 0 aromatic rings. The van der Waals surface area contributed by atoms with Crippen LogP contribution in [0.5, 0.6) is 0 Å².